The molecule has 0 aromatic carbocycles. The van der Waals surface area contributed by atoms with Gasteiger partial charge in [-0.1, -0.05) is 37.3 Å². The predicted octanol–water partition coefficient (Wildman–Crippen LogP) is 4.38. The van der Waals surface area contributed by atoms with E-state index in [1.54, 1.807) is 5.32 Å². The van der Waals surface area contributed by atoms with Gasteiger partial charge in [0.05, 0.1) is 25.4 Å². The number of nitrogens with one attached hydrogen (secondary N) is 1. The third-order valence-electron chi connectivity index (χ3n) is 7.39. The standard InChI is InChI=1S/C25H32F5NO4/c1-15-17(10-19(32)11-21(15)33)6-5-16-4-3-9-23(2)18(7-8-20(16)23)12-35-13-22(34)31-14-24(26,27)25(28,29)30/h5-7,19-21,32-33H,1,3-4,8-14H2,2H3,(H,31,34)/b16-5+,17-6-. The smallest absolute Gasteiger partial charge is 0.393 e. The number of fused-ring (bicyclic) bond motifs is 1. The fourth-order valence-electron chi connectivity index (χ4n) is 5.21. The van der Waals surface area contributed by atoms with Gasteiger partial charge < -0.3 is 20.3 Å². The number of carbonyl (C=O) groups is 1. The van der Waals surface area contributed by atoms with E-state index in [9.17, 15) is 37.0 Å². The molecule has 0 spiro atoms. The maximum Gasteiger partial charge on any atom is 0.455 e. The van der Waals surface area contributed by atoms with Gasteiger partial charge >= 0.3 is 12.1 Å². The highest BCUT2D eigenvalue weighted by Crippen LogP contribution is 2.54. The minimum absolute atomic E-state index is 0.0830. The van der Waals surface area contributed by atoms with E-state index in [0.717, 1.165) is 36.8 Å². The summed E-state index contributed by atoms with van der Waals surface area (Å²) < 4.78 is 67.9. The molecule has 5 nitrogen and oxygen atoms in total. The zero-order valence-electron chi connectivity index (χ0n) is 19.6. The lowest BCUT2D eigenvalue weighted by molar-refractivity contribution is -0.278. The van der Waals surface area contributed by atoms with E-state index in [0.29, 0.717) is 12.0 Å². The normalized spacial score (nSPS) is 32.1. The van der Waals surface area contributed by atoms with Gasteiger partial charge in [-0.15, -0.1) is 0 Å². The summed E-state index contributed by atoms with van der Waals surface area (Å²) in [5.74, 6) is -5.84. The van der Waals surface area contributed by atoms with Crippen molar-refractivity contribution in [3.8, 4) is 0 Å². The van der Waals surface area contributed by atoms with Gasteiger partial charge in [-0.25, -0.2) is 0 Å². The van der Waals surface area contributed by atoms with Crippen LogP contribution in [0.15, 0.2) is 47.1 Å². The molecule has 0 saturated heterocycles. The van der Waals surface area contributed by atoms with Gasteiger partial charge in [0.15, 0.2) is 0 Å². The van der Waals surface area contributed by atoms with Crippen LogP contribution in [-0.4, -0.2) is 60.2 Å². The number of ether oxygens (including phenoxy) is 1. The molecule has 10 heteroatoms. The second kappa shape index (κ2) is 10.5. The quantitative estimate of drug-likeness (QED) is 0.355. The van der Waals surface area contributed by atoms with Crippen molar-refractivity contribution in [2.24, 2.45) is 11.3 Å². The minimum Gasteiger partial charge on any atom is -0.393 e. The molecular formula is C25H32F5NO4. The van der Waals surface area contributed by atoms with E-state index in [1.807, 2.05) is 18.2 Å². The number of allylic oxidation sites excluding steroid dienone is 4. The average Bonchev–Trinajstić information content (AvgIpc) is 3.09. The van der Waals surface area contributed by atoms with Crippen LogP contribution in [0, 0.1) is 11.3 Å². The molecule has 4 atom stereocenters. The van der Waals surface area contributed by atoms with Crippen molar-refractivity contribution in [1.29, 1.82) is 0 Å². The molecule has 0 aromatic rings. The highest BCUT2D eigenvalue weighted by molar-refractivity contribution is 5.77. The van der Waals surface area contributed by atoms with Gasteiger partial charge in [0.25, 0.3) is 0 Å². The number of hydrogen-bond acceptors (Lipinski definition) is 4. The van der Waals surface area contributed by atoms with Gasteiger partial charge in [-0.05, 0) is 60.2 Å². The molecule has 3 aliphatic carbocycles. The summed E-state index contributed by atoms with van der Waals surface area (Å²) in [6.45, 7) is 3.68. The van der Waals surface area contributed by atoms with E-state index < -0.39 is 43.4 Å². The van der Waals surface area contributed by atoms with Gasteiger partial charge in [-0.3, -0.25) is 4.79 Å². The number of amides is 1. The summed E-state index contributed by atoms with van der Waals surface area (Å²) in [7, 11) is 0. The van der Waals surface area contributed by atoms with Crippen molar-refractivity contribution in [2.45, 2.75) is 69.8 Å². The molecule has 0 radical (unpaired) electrons. The molecule has 0 aliphatic heterocycles. The maximum absolute atomic E-state index is 12.9. The molecular weight excluding hydrogens is 473 g/mol. The van der Waals surface area contributed by atoms with Crippen molar-refractivity contribution >= 4 is 5.91 Å². The van der Waals surface area contributed by atoms with Crippen LogP contribution in [0.25, 0.3) is 0 Å². The number of carbonyl (C=O) groups excluding carboxylic acids is 1. The minimum atomic E-state index is -5.73. The van der Waals surface area contributed by atoms with Crippen LogP contribution in [0.1, 0.15) is 45.4 Å². The summed E-state index contributed by atoms with van der Waals surface area (Å²) in [6.07, 6.45) is 3.13. The fraction of sp³-hybridized carbons (Fsp3) is 0.640. The second-order valence-corrected chi connectivity index (χ2v) is 9.83. The average molecular weight is 506 g/mol. The van der Waals surface area contributed by atoms with Gasteiger partial charge in [0.1, 0.15) is 6.61 Å². The van der Waals surface area contributed by atoms with Gasteiger partial charge in [0.2, 0.25) is 5.91 Å². The zero-order chi connectivity index (χ0) is 26.0. The number of halogens is 5. The number of rotatable bonds is 7. The first kappa shape index (κ1) is 27.5. The Bertz CT molecular complexity index is 923. The van der Waals surface area contributed by atoms with Crippen molar-refractivity contribution in [1.82, 2.24) is 5.32 Å². The molecule has 0 bridgehead atoms. The number of alkyl halides is 5. The zero-order valence-corrected chi connectivity index (χ0v) is 19.6. The molecule has 3 rings (SSSR count). The highest BCUT2D eigenvalue weighted by Gasteiger charge is 2.57. The van der Waals surface area contributed by atoms with Crippen LogP contribution in [0.4, 0.5) is 22.0 Å². The Morgan fingerprint density at radius 2 is 2.00 bits per heavy atom. The number of aliphatic hydroxyl groups excluding tert-OH is 2. The lowest BCUT2D eigenvalue weighted by Gasteiger charge is -2.41. The molecule has 35 heavy (non-hydrogen) atoms. The first-order chi connectivity index (χ1) is 16.2. The van der Waals surface area contributed by atoms with E-state index in [1.165, 1.54) is 5.57 Å². The molecule has 1 amide bonds. The molecule has 0 aromatic heterocycles. The monoisotopic (exact) mass is 505 g/mol. The van der Waals surface area contributed by atoms with Crippen molar-refractivity contribution in [2.75, 3.05) is 19.8 Å². The Morgan fingerprint density at radius 1 is 1.29 bits per heavy atom. The third kappa shape index (κ3) is 6.21. The Hall–Kier alpha value is -2.04. The van der Waals surface area contributed by atoms with Crippen LogP contribution >= 0.6 is 0 Å². The van der Waals surface area contributed by atoms with Crippen LogP contribution in [0.3, 0.4) is 0 Å². The lowest BCUT2D eigenvalue weighted by atomic mass is 9.64. The molecule has 4 unspecified atom stereocenters. The van der Waals surface area contributed by atoms with Crippen LogP contribution in [0.2, 0.25) is 0 Å². The Labute approximate surface area is 201 Å². The van der Waals surface area contributed by atoms with Crippen LogP contribution in [-0.2, 0) is 9.53 Å². The van der Waals surface area contributed by atoms with E-state index >= 15 is 0 Å². The van der Waals surface area contributed by atoms with Crippen molar-refractivity contribution in [3.63, 3.8) is 0 Å². The molecule has 3 aliphatic rings. The van der Waals surface area contributed by atoms with Crippen molar-refractivity contribution in [3.05, 3.63) is 47.1 Å². The Morgan fingerprint density at radius 3 is 2.69 bits per heavy atom. The highest BCUT2D eigenvalue weighted by atomic mass is 19.4. The first-order valence-electron chi connectivity index (χ1n) is 11.7. The largest absolute Gasteiger partial charge is 0.455 e. The summed E-state index contributed by atoms with van der Waals surface area (Å²) in [5.41, 5.74) is 3.43. The predicted molar refractivity (Wildman–Crippen MR) is 120 cm³/mol. The summed E-state index contributed by atoms with van der Waals surface area (Å²) in [5, 5.41) is 21.6. The third-order valence-corrected chi connectivity index (χ3v) is 7.39. The van der Waals surface area contributed by atoms with Crippen LogP contribution in [0.5, 0.6) is 0 Å². The molecule has 196 valence electrons. The summed E-state index contributed by atoms with van der Waals surface area (Å²) >= 11 is 0. The van der Waals surface area contributed by atoms with Gasteiger partial charge in [0, 0.05) is 6.42 Å². The SMILES string of the molecule is C=C1/C(=C\C=C2/CCCC3(C)C(COCC(=O)NCC(F)(F)C(F)(F)F)=CCC23)CC(O)CC1O. The Kier molecular flexibility index (Phi) is 8.28. The van der Waals surface area contributed by atoms with Crippen LogP contribution < -0.4 is 5.32 Å². The van der Waals surface area contributed by atoms with Crippen molar-refractivity contribution < 1.29 is 41.7 Å². The fourth-order valence-corrected chi connectivity index (χ4v) is 5.21. The van der Waals surface area contributed by atoms with Gasteiger partial charge in [-0.2, -0.15) is 22.0 Å². The maximum atomic E-state index is 12.9. The molecule has 2 fully saturated rings. The van der Waals surface area contributed by atoms with E-state index in [2.05, 4.69) is 13.5 Å². The summed E-state index contributed by atoms with van der Waals surface area (Å²) in [6, 6.07) is 0. The molecule has 2 saturated carbocycles. The first-order valence-corrected chi connectivity index (χ1v) is 11.7. The Balaban J connectivity index is 1.56. The second-order valence-electron chi connectivity index (χ2n) is 9.83. The number of hydrogen-bond donors (Lipinski definition) is 3. The van der Waals surface area contributed by atoms with E-state index in [4.69, 9.17) is 4.74 Å². The molecule has 0 heterocycles. The molecule has 3 N–H and O–H groups in total. The lowest BCUT2D eigenvalue weighted by Crippen LogP contribution is -2.47. The topological polar surface area (TPSA) is 78.8 Å². The van der Waals surface area contributed by atoms with E-state index in [-0.39, 0.29) is 24.4 Å². The number of aliphatic hydroxyl groups is 2. The summed E-state index contributed by atoms with van der Waals surface area (Å²) in [4.78, 5) is 11.7.